The van der Waals surface area contributed by atoms with E-state index in [4.69, 9.17) is 5.73 Å². The average molecular weight is 370 g/mol. The molecule has 136 valence electrons. The smallest absolute Gasteiger partial charge is 0.273 e. The number of amides is 1. The number of fused-ring (bicyclic) bond motifs is 1. The third-order valence-corrected chi connectivity index (χ3v) is 5.92. The van der Waals surface area contributed by atoms with Gasteiger partial charge >= 0.3 is 0 Å². The van der Waals surface area contributed by atoms with Gasteiger partial charge in [-0.3, -0.25) is 4.79 Å². The van der Waals surface area contributed by atoms with E-state index in [0.717, 1.165) is 36.2 Å². The molecule has 2 aromatic heterocycles. The van der Waals surface area contributed by atoms with Crippen molar-refractivity contribution >= 4 is 27.5 Å². The van der Waals surface area contributed by atoms with Crippen molar-refractivity contribution in [2.24, 2.45) is 5.73 Å². The fourth-order valence-electron chi connectivity index (χ4n) is 3.33. The lowest BCUT2D eigenvalue weighted by molar-refractivity contribution is 0.0949. The maximum Gasteiger partial charge on any atom is 0.273 e. The molecule has 1 aliphatic carbocycles. The van der Waals surface area contributed by atoms with Gasteiger partial charge in [-0.25, -0.2) is 9.67 Å². The zero-order valence-electron chi connectivity index (χ0n) is 14.5. The predicted molar refractivity (Wildman–Crippen MR) is 101 cm³/mol. The molecule has 1 saturated carbocycles. The van der Waals surface area contributed by atoms with Gasteiger partial charge in [0.05, 0.1) is 27.5 Å². The maximum absolute atomic E-state index is 12.3. The van der Waals surface area contributed by atoms with E-state index in [1.54, 1.807) is 17.5 Å². The molecule has 0 aliphatic heterocycles. The van der Waals surface area contributed by atoms with Gasteiger partial charge < -0.3 is 11.1 Å². The van der Waals surface area contributed by atoms with Crippen LogP contribution in [0.15, 0.2) is 30.5 Å². The average Bonchev–Trinajstić information content (AvgIpc) is 3.29. The molecule has 1 amide bonds. The third-order valence-electron chi connectivity index (χ3n) is 4.82. The van der Waals surface area contributed by atoms with E-state index in [1.807, 2.05) is 22.9 Å². The van der Waals surface area contributed by atoms with E-state index >= 15 is 0 Å². The molecule has 0 atom stereocenters. The Morgan fingerprint density at radius 2 is 2.08 bits per heavy atom. The van der Waals surface area contributed by atoms with Gasteiger partial charge in [-0.15, -0.1) is 16.4 Å². The highest BCUT2D eigenvalue weighted by atomic mass is 32.1. The highest BCUT2D eigenvalue weighted by Gasteiger charge is 2.22. The van der Waals surface area contributed by atoms with Crippen LogP contribution < -0.4 is 11.1 Å². The van der Waals surface area contributed by atoms with Gasteiger partial charge in [-0.05, 0) is 37.8 Å². The fourth-order valence-corrected chi connectivity index (χ4v) is 4.29. The van der Waals surface area contributed by atoms with Gasteiger partial charge in [0.25, 0.3) is 5.91 Å². The van der Waals surface area contributed by atoms with Crippen molar-refractivity contribution in [2.75, 3.05) is 6.54 Å². The van der Waals surface area contributed by atoms with Gasteiger partial charge in [-0.1, -0.05) is 17.3 Å². The molecule has 1 fully saturated rings. The lowest BCUT2D eigenvalue weighted by Crippen LogP contribution is -2.28. The second-order valence-electron chi connectivity index (χ2n) is 6.73. The van der Waals surface area contributed by atoms with Crippen LogP contribution in [0.5, 0.6) is 0 Å². The summed E-state index contributed by atoms with van der Waals surface area (Å²) in [5.41, 5.74) is 7.32. The molecular formula is C18H22N6OS. The SMILES string of the molecule is NC1CCC(n2cc(C(=O)NCCc3nc4ccccc4s3)nn2)CC1. The van der Waals surface area contributed by atoms with Gasteiger partial charge in [0.15, 0.2) is 5.69 Å². The number of nitrogens with zero attached hydrogens (tertiary/aromatic N) is 4. The summed E-state index contributed by atoms with van der Waals surface area (Å²) in [6, 6.07) is 8.65. The first-order valence-corrected chi connectivity index (χ1v) is 9.81. The van der Waals surface area contributed by atoms with Crippen molar-refractivity contribution in [3.63, 3.8) is 0 Å². The number of hydrogen-bond acceptors (Lipinski definition) is 6. The van der Waals surface area contributed by atoms with E-state index in [2.05, 4.69) is 26.7 Å². The van der Waals surface area contributed by atoms with E-state index in [9.17, 15) is 4.79 Å². The Labute approximate surface area is 155 Å². The van der Waals surface area contributed by atoms with E-state index in [0.29, 0.717) is 30.7 Å². The monoisotopic (exact) mass is 370 g/mol. The number of rotatable bonds is 5. The molecule has 0 saturated heterocycles. The molecule has 1 aliphatic rings. The molecule has 0 bridgehead atoms. The number of hydrogen-bond donors (Lipinski definition) is 2. The number of carbonyl (C=O) groups is 1. The Bertz CT molecular complexity index is 863. The van der Waals surface area contributed by atoms with Crippen molar-refractivity contribution in [2.45, 2.75) is 44.2 Å². The van der Waals surface area contributed by atoms with E-state index in [-0.39, 0.29) is 5.91 Å². The largest absolute Gasteiger partial charge is 0.350 e. The van der Waals surface area contributed by atoms with Crippen LogP contribution in [-0.2, 0) is 6.42 Å². The Balaban J connectivity index is 1.31. The highest BCUT2D eigenvalue weighted by Crippen LogP contribution is 2.26. The van der Waals surface area contributed by atoms with Crippen molar-refractivity contribution in [3.8, 4) is 0 Å². The van der Waals surface area contributed by atoms with E-state index < -0.39 is 0 Å². The zero-order chi connectivity index (χ0) is 17.9. The first kappa shape index (κ1) is 17.1. The minimum atomic E-state index is -0.190. The fraction of sp³-hybridized carbons (Fsp3) is 0.444. The van der Waals surface area contributed by atoms with E-state index in [1.165, 1.54) is 4.70 Å². The summed E-state index contributed by atoms with van der Waals surface area (Å²) in [5, 5.41) is 12.1. The Morgan fingerprint density at radius 3 is 2.88 bits per heavy atom. The lowest BCUT2D eigenvalue weighted by atomic mass is 9.92. The summed E-state index contributed by atoms with van der Waals surface area (Å²) in [7, 11) is 0. The Hall–Kier alpha value is -2.32. The molecule has 7 nitrogen and oxygen atoms in total. The summed E-state index contributed by atoms with van der Waals surface area (Å²) in [6.07, 6.45) is 6.42. The van der Waals surface area contributed by atoms with Crippen LogP contribution in [0.1, 0.15) is 47.2 Å². The quantitative estimate of drug-likeness (QED) is 0.718. The van der Waals surface area contributed by atoms with Crippen LogP contribution in [0.4, 0.5) is 0 Å². The molecule has 8 heteroatoms. The van der Waals surface area contributed by atoms with Gasteiger partial charge in [0.1, 0.15) is 0 Å². The van der Waals surface area contributed by atoms with Crippen LogP contribution in [0, 0.1) is 0 Å². The number of para-hydroxylation sites is 1. The zero-order valence-corrected chi connectivity index (χ0v) is 15.3. The first-order chi connectivity index (χ1) is 12.7. The van der Waals surface area contributed by atoms with Crippen LogP contribution in [-0.4, -0.2) is 38.5 Å². The van der Waals surface area contributed by atoms with Gasteiger partial charge in [0.2, 0.25) is 0 Å². The lowest BCUT2D eigenvalue weighted by Gasteiger charge is -2.25. The Kier molecular flexibility index (Phi) is 4.94. The highest BCUT2D eigenvalue weighted by molar-refractivity contribution is 7.18. The van der Waals surface area contributed by atoms with Crippen LogP contribution in [0.25, 0.3) is 10.2 Å². The van der Waals surface area contributed by atoms with Crippen molar-refractivity contribution in [3.05, 3.63) is 41.2 Å². The van der Waals surface area contributed by atoms with Crippen LogP contribution >= 0.6 is 11.3 Å². The standard InChI is InChI=1S/C18H22N6OS/c19-12-5-7-13(8-6-12)24-11-15(22-23-24)18(25)20-10-9-17-21-14-3-1-2-4-16(14)26-17/h1-4,11-13H,5-10,19H2,(H,20,25). The molecule has 0 unspecified atom stereocenters. The molecule has 3 N–H and O–H groups in total. The molecular weight excluding hydrogens is 348 g/mol. The number of aromatic nitrogens is 4. The Morgan fingerprint density at radius 1 is 1.27 bits per heavy atom. The summed E-state index contributed by atoms with van der Waals surface area (Å²) >= 11 is 1.66. The molecule has 0 radical (unpaired) electrons. The van der Waals surface area contributed by atoms with Crippen LogP contribution in [0.3, 0.4) is 0 Å². The number of nitrogens with one attached hydrogen (secondary N) is 1. The third kappa shape index (κ3) is 3.76. The second-order valence-corrected chi connectivity index (χ2v) is 7.85. The van der Waals surface area contributed by atoms with Crippen molar-refractivity contribution in [1.82, 2.24) is 25.3 Å². The maximum atomic E-state index is 12.3. The summed E-state index contributed by atoms with van der Waals surface area (Å²) in [5.74, 6) is -0.190. The molecule has 2 heterocycles. The van der Waals surface area contributed by atoms with Crippen LogP contribution in [0.2, 0.25) is 0 Å². The number of nitrogens with two attached hydrogens (primary N) is 1. The van der Waals surface area contributed by atoms with Crippen molar-refractivity contribution < 1.29 is 4.79 Å². The molecule has 3 aromatic rings. The minimum Gasteiger partial charge on any atom is -0.350 e. The topological polar surface area (TPSA) is 98.7 Å². The van der Waals surface area contributed by atoms with Gasteiger partial charge in [0, 0.05) is 19.0 Å². The summed E-state index contributed by atoms with van der Waals surface area (Å²) < 4.78 is 2.98. The number of carbonyl (C=O) groups excluding carboxylic acids is 1. The summed E-state index contributed by atoms with van der Waals surface area (Å²) in [6.45, 7) is 0.532. The minimum absolute atomic E-state index is 0.190. The molecule has 4 rings (SSSR count). The molecule has 0 spiro atoms. The number of thiazole rings is 1. The second kappa shape index (κ2) is 7.51. The molecule has 26 heavy (non-hydrogen) atoms. The van der Waals surface area contributed by atoms with Gasteiger partial charge in [-0.2, -0.15) is 0 Å². The predicted octanol–water partition coefficient (Wildman–Crippen LogP) is 2.30. The number of benzene rings is 1. The summed E-state index contributed by atoms with van der Waals surface area (Å²) in [4.78, 5) is 16.9. The normalized spacial score (nSPS) is 20.3. The molecule has 1 aromatic carbocycles. The first-order valence-electron chi connectivity index (χ1n) is 8.99. The van der Waals surface area contributed by atoms with Crippen molar-refractivity contribution in [1.29, 1.82) is 0 Å².